The second-order valence-electron chi connectivity index (χ2n) is 3.67. The lowest BCUT2D eigenvalue weighted by atomic mass is 10.4. The third kappa shape index (κ3) is 4.76. The van der Waals surface area contributed by atoms with Crippen LogP contribution in [0, 0.1) is 37.0 Å². The smallest absolute Gasteiger partial charge is 0.316 e. The van der Waals surface area contributed by atoms with Crippen molar-refractivity contribution in [1.29, 1.82) is 0 Å². The van der Waals surface area contributed by atoms with Crippen LogP contribution in [0.4, 0.5) is 9.59 Å². The van der Waals surface area contributed by atoms with Crippen molar-refractivity contribution in [3.63, 3.8) is 0 Å². The van der Waals surface area contributed by atoms with E-state index in [0.29, 0.717) is 4.90 Å². The van der Waals surface area contributed by atoms with Gasteiger partial charge in [0.05, 0.1) is 13.1 Å². The number of hydrogen-bond acceptors (Lipinski definition) is 3. The highest BCUT2D eigenvalue weighted by Crippen LogP contribution is 2.03. The average molecular weight is 273 g/mol. The Morgan fingerprint density at radius 3 is 2.10 bits per heavy atom. The normalized spacial score (nSPS) is 8.50. The van der Waals surface area contributed by atoms with Gasteiger partial charge < -0.3 is 4.90 Å². The lowest BCUT2D eigenvalue weighted by Crippen LogP contribution is -2.50. The van der Waals surface area contributed by atoms with Crippen LogP contribution in [0.5, 0.6) is 0 Å². The molecule has 0 aromatic carbocycles. The summed E-state index contributed by atoms with van der Waals surface area (Å²) in [5.41, 5.74) is 0. The zero-order valence-corrected chi connectivity index (χ0v) is 11.2. The van der Waals surface area contributed by atoms with Gasteiger partial charge in [-0.3, -0.25) is 9.69 Å². The molecule has 0 aliphatic heterocycles. The van der Waals surface area contributed by atoms with Crippen molar-refractivity contribution < 1.29 is 14.4 Å². The molecule has 0 saturated carbocycles. The van der Waals surface area contributed by atoms with Crippen LogP contribution in [0.15, 0.2) is 0 Å². The minimum atomic E-state index is -0.831. The Kier molecular flexibility index (Phi) is 7.76. The molecule has 0 heterocycles. The fourth-order valence-corrected chi connectivity index (χ4v) is 1.26. The van der Waals surface area contributed by atoms with Crippen LogP contribution in [-0.2, 0) is 4.79 Å². The van der Waals surface area contributed by atoms with Crippen LogP contribution in [-0.4, -0.2) is 59.9 Å². The van der Waals surface area contributed by atoms with Crippen molar-refractivity contribution in [1.82, 2.24) is 14.7 Å². The molecule has 0 aliphatic rings. The average Bonchev–Trinajstić information content (AvgIpc) is 2.44. The van der Waals surface area contributed by atoms with Crippen molar-refractivity contribution >= 4 is 18.5 Å². The molecule has 5 amide bonds. The van der Waals surface area contributed by atoms with Gasteiger partial charge in [-0.2, -0.15) is 0 Å². The fourth-order valence-electron chi connectivity index (χ4n) is 1.26. The van der Waals surface area contributed by atoms with Crippen molar-refractivity contribution in [2.24, 2.45) is 0 Å². The minimum Gasteiger partial charge on any atom is -0.316 e. The summed E-state index contributed by atoms with van der Waals surface area (Å²) in [6.45, 7) is -0.242. The molecule has 0 radical (unpaired) electrons. The molecule has 0 fully saturated rings. The van der Waals surface area contributed by atoms with E-state index >= 15 is 0 Å². The van der Waals surface area contributed by atoms with Crippen molar-refractivity contribution in [3.8, 4) is 37.0 Å². The number of hydrogen-bond donors (Lipinski definition) is 0. The third-order valence-corrected chi connectivity index (χ3v) is 2.23. The summed E-state index contributed by atoms with van der Waals surface area (Å²) >= 11 is 0. The van der Waals surface area contributed by atoms with Gasteiger partial charge in [0.2, 0.25) is 6.41 Å². The summed E-state index contributed by atoms with van der Waals surface area (Å²) < 4.78 is 0. The number of nitrogens with zero attached hydrogens (tertiary/aromatic N) is 3. The zero-order valence-electron chi connectivity index (χ0n) is 11.2. The second kappa shape index (κ2) is 9.08. The molecule has 0 aliphatic carbocycles. The highest BCUT2D eigenvalue weighted by molar-refractivity contribution is 5.97. The number of imide groups is 2. The van der Waals surface area contributed by atoms with Gasteiger partial charge in [0.25, 0.3) is 0 Å². The molecular formula is C14H15N3O3. The van der Waals surface area contributed by atoms with Gasteiger partial charge in [-0.15, -0.1) is 25.2 Å². The standard InChI is InChI=1S/C14H15N3O3/c1-5-8-11-17(13(19)15(4)9-6-2)14(20)16(12-18)10-7-3/h1-3,12H,8-11H2,4H3. The Hall–Kier alpha value is -2.91. The van der Waals surface area contributed by atoms with E-state index in [1.165, 1.54) is 7.05 Å². The first-order valence-corrected chi connectivity index (χ1v) is 5.62. The molecule has 0 aromatic rings. The molecule has 0 spiro atoms. The van der Waals surface area contributed by atoms with Gasteiger partial charge in [0, 0.05) is 20.0 Å². The summed E-state index contributed by atoms with van der Waals surface area (Å²) in [5, 5.41) is 0. The van der Waals surface area contributed by atoms with Gasteiger partial charge >= 0.3 is 12.1 Å². The topological polar surface area (TPSA) is 60.9 Å². The van der Waals surface area contributed by atoms with E-state index in [4.69, 9.17) is 19.3 Å². The summed E-state index contributed by atoms with van der Waals surface area (Å²) in [5.74, 6) is 6.75. The molecule has 0 bridgehead atoms. The van der Waals surface area contributed by atoms with Gasteiger partial charge in [-0.05, 0) is 0 Å². The van der Waals surface area contributed by atoms with E-state index < -0.39 is 12.1 Å². The molecular weight excluding hydrogens is 258 g/mol. The van der Waals surface area contributed by atoms with E-state index in [9.17, 15) is 14.4 Å². The molecule has 0 aromatic heterocycles. The highest BCUT2D eigenvalue weighted by atomic mass is 16.2. The van der Waals surface area contributed by atoms with E-state index in [-0.39, 0.29) is 32.5 Å². The lowest BCUT2D eigenvalue weighted by molar-refractivity contribution is -0.115. The predicted octanol–water partition coefficient (Wildman–Crippen LogP) is 0.208. The molecule has 104 valence electrons. The first-order valence-electron chi connectivity index (χ1n) is 5.62. The predicted molar refractivity (Wildman–Crippen MR) is 74.0 cm³/mol. The molecule has 0 saturated heterocycles. The van der Waals surface area contributed by atoms with E-state index in [2.05, 4.69) is 17.8 Å². The Labute approximate surface area is 118 Å². The quantitative estimate of drug-likeness (QED) is 0.531. The summed E-state index contributed by atoms with van der Waals surface area (Å²) in [7, 11) is 1.44. The monoisotopic (exact) mass is 273 g/mol. The number of carbonyl (C=O) groups excluding carboxylic acids is 3. The Morgan fingerprint density at radius 1 is 1.05 bits per heavy atom. The van der Waals surface area contributed by atoms with Crippen LogP contribution >= 0.6 is 0 Å². The summed E-state index contributed by atoms with van der Waals surface area (Å²) in [6, 6.07) is -1.48. The third-order valence-electron chi connectivity index (χ3n) is 2.23. The number of terminal acetylenes is 3. The highest BCUT2D eigenvalue weighted by Gasteiger charge is 2.27. The lowest BCUT2D eigenvalue weighted by Gasteiger charge is -2.27. The van der Waals surface area contributed by atoms with Crippen LogP contribution in [0.2, 0.25) is 0 Å². The van der Waals surface area contributed by atoms with Crippen molar-refractivity contribution in [2.75, 3.05) is 26.7 Å². The Bertz CT molecular complexity index is 493. The van der Waals surface area contributed by atoms with Crippen LogP contribution in [0.1, 0.15) is 6.42 Å². The maximum atomic E-state index is 12.1. The summed E-state index contributed by atoms with van der Waals surface area (Å²) in [4.78, 5) is 37.7. The number of carbonyl (C=O) groups is 3. The zero-order chi connectivity index (χ0) is 15.5. The van der Waals surface area contributed by atoms with E-state index in [1.807, 2.05) is 0 Å². The van der Waals surface area contributed by atoms with Crippen LogP contribution in [0.3, 0.4) is 0 Å². The van der Waals surface area contributed by atoms with Gasteiger partial charge in [-0.1, -0.05) is 11.8 Å². The largest absolute Gasteiger partial charge is 0.335 e. The minimum absolute atomic E-state index is 0.0227. The summed E-state index contributed by atoms with van der Waals surface area (Å²) in [6.07, 6.45) is 15.7. The van der Waals surface area contributed by atoms with Gasteiger partial charge in [0.15, 0.2) is 0 Å². The molecule has 0 rings (SSSR count). The maximum absolute atomic E-state index is 12.1. The Morgan fingerprint density at radius 2 is 1.65 bits per heavy atom. The van der Waals surface area contributed by atoms with Gasteiger partial charge in [-0.25, -0.2) is 14.5 Å². The van der Waals surface area contributed by atoms with Gasteiger partial charge in [0.1, 0.15) is 0 Å². The van der Waals surface area contributed by atoms with E-state index in [0.717, 1.165) is 9.80 Å². The molecule has 0 unspecified atom stereocenters. The maximum Gasteiger partial charge on any atom is 0.335 e. The number of urea groups is 2. The second-order valence-corrected chi connectivity index (χ2v) is 3.67. The molecule has 0 atom stereocenters. The number of rotatable bonds is 5. The van der Waals surface area contributed by atoms with E-state index in [1.54, 1.807) is 0 Å². The fraction of sp³-hybridized carbons (Fsp3) is 0.357. The van der Waals surface area contributed by atoms with Crippen molar-refractivity contribution in [3.05, 3.63) is 0 Å². The first-order chi connectivity index (χ1) is 9.53. The van der Waals surface area contributed by atoms with Crippen LogP contribution < -0.4 is 0 Å². The Balaban J connectivity index is 5.15. The number of amides is 5. The van der Waals surface area contributed by atoms with Crippen LogP contribution in [0.25, 0.3) is 0 Å². The molecule has 6 nitrogen and oxygen atoms in total. The molecule has 20 heavy (non-hydrogen) atoms. The molecule has 0 N–H and O–H groups in total. The SMILES string of the molecule is C#CCCN(C(=O)N(C)CC#C)C(=O)N(C=O)CC#C. The molecule has 6 heteroatoms. The van der Waals surface area contributed by atoms with Crippen molar-refractivity contribution in [2.45, 2.75) is 6.42 Å². The first kappa shape index (κ1) is 17.1.